The van der Waals surface area contributed by atoms with E-state index < -0.39 is 35.3 Å². The lowest BCUT2D eigenvalue weighted by Crippen LogP contribution is -2.14. The maximum absolute atomic E-state index is 12.7. The molecule has 0 aliphatic heterocycles. The summed E-state index contributed by atoms with van der Waals surface area (Å²) in [6.45, 7) is 0. The standard InChI is InChI=1S/C26H22F6N6O2S3/c27-25(28,29)17-5-1-15(2-6-17)13-19(39)33-23-37-35-21(42-23)9-11-41-12-10-22-36-38-24(43-22)34-20(40)14-16-3-7-18(8-4-16)26(30,31)32/h1-8H,9-14H2,(H,33,37,39)(H,34,38,40). The number of hydrogen-bond acceptors (Lipinski definition) is 9. The molecule has 228 valence electrons. The highest BCUT2D eigenvalue weighted by molar-refractivity contribution is 7.99. The van der Waals surface area contributed by atoms with E-state index in [9.17, 15) is 35.9 Å². The Bertz CT molecular complexity index is 1410. The van der Waals surface area contributed by atoms with Gasteiger partial charge >= 0.3 is 12.4 Å². The second kappa shape index (κ2) is 14.3. The van der Waals surface area contributed by atoms with E-state index in [-0.39, 0.29) is 12.8 Å². The van der Waals surface area contributed by atoms with E-state index in [1.807, 2.05) is 0 Å². The van der Waals surface area contributed by atoms with Crippen LogP contribution < -0.4 is 10.6 Å². The molecule has 2 amide bonds. The minimum absolute atomic E-state index is 0.0982. The number of carbonyl (C=O) groups is 2. The first kappa shape index (κ1) is 32.3. The molecule has 0 atom stereocenters. The third-order valence-electron chi connectivity index (χ3n) is 5.64. The van der Waals surface area contributed by atoms with Crippen LogP contribution in [0.3, 0.4) is 0 Å². The highest BCUT2D eigenvalue weighted by atomic mass is 32.2. The lowest BCUT2D eigenvalue weighted by molar-refractivity contribution is -0.138. The van der Waals surface area contributed by atoms with Crippen LogP contribution in [0, 0.1) is 0 Å². The Labute approximate surface area is 253 Å². The number of alkyl halides is 6. The SMILES string of the molecule is O=C(Cc1ccc(C(F)(F)F)cc1)Nc1nnc(CCSCCc2nnc(NC(=O)Cc3ccc(C(F)(F)F)cc3)s2)s1. The Morgan fingerprint density at radius 2 is 1.00 bits per heavy atom. The predicted molar refractivity (Wildman–Crippen MR) is 152 cm³/mol. The molecular formula is C26H22F6N6O2S3. The quantitative estimate of drug-likeness (QED) is 0.135. The summed E-state index contributed by atoms with van der Waals surface area (Å²) >= 11 is 4.07. The maximum Gasteiger partial charge on any atom is 0.416 e. The van der Waals surface area contributed by atoms with Gasteiger partial charge in [-0.2, -0.15) is 38.1 Å². The van der Waals surface area contributed by atoms with Gasteiger partial charge in [-0.1, -0.05) is 46.9 Å². The minimum atomic E-state index is -4.44. The van der Waals surface area contributed by atoms with E-state index in [2.05, 4.69) is 31.0 Å². The minimum Gasteiger partial charge on any atom is -0.300 e. The zero-order valence-corrected chi connectivity index (χ0v) is 24.4. The van der Waals surface area contributed by atoms with Gasteiger partial charge in [0, 0.05) is 12.8 Å². The fraction of sp³-hybridized carbons (Fsp3) is 0.308. The number of halogens is 6. The second-order valence-corrected chi connectivity index (χ2v) is 12.3. The van der Waals surface area contributed by atoms with Crippen LogP contribution in [-0.4, -0.2) is 43.7 Å². The highest BCUT2D eigenvalue weighted by Crippen LogP contribution is 2.30. The Kier molecular flexibility index (Phi) is 10.7. The fourth-order valence-corrected chi connectivity index (χ4v) is 6.20. The number of nitrogens with zero attached hydrogens (tertiary/aromatic N) is 4. The Hall–Kier alpha value is -3.57. The largest absolute Gasteiger partial charge is 0.416 e. The third kappa shape index (κ3) is 10.3. The molecule has 0 aliphatic rings. The molecule has 17 heteroatoms. The summed E-state index contributed by atoms with van der Waals surface area (Å²) in [7, 11) is 0. The molecule has 0 aliphatic carbocycles. The normalized spacial score (nSPS) is 11.9. The van der Waals surface area contributed by atoms with Crippen LogP contribution in [0.4, 0.5) is 36.6 Å². The van der Waals surface area contributed by atoms with Gasteiger partial charge in [0.1, 0.15) is 10.0 Å². The molecule has 4 rings (SSSR count). The number of benzene rings is 2. The van der Waals surface area contributed by atoms with Crippen LogP contribution >= 0.6 is 34.4 Å². The van der Waals surface area contributed by atoms with Crippen LogP contribution in [0.2, 0.25) is 0 Å². The van der Waals surface area contributed by atoms with Gasteiger partial charge in [-0.05, 0) is 46.9 Å². The van der Waals surface area contributed by atoms with Crippen molar-refractivity contribution >= 4 is 56.5 Å². The molecule has 8 nitrogen and oxygen atoms in total. The Morgan fingerprint density at radius 3 is 1.35 bits per heavy atom. The fourth-order valence-electron chi connectivity index (χ4n) is 3.55. The average molecular weight is 661 g/mol. The van der Waals surface area contributed by atoms with Gasteiger partial charge in [0.2, 0.25) is 22.1 Å². The number of hydrogen-bond donors (Lipinski definition) is 2. The molecular weight excluding hydrogens is 639 g/mol. The van der Waals surface area contributed by atoms with Crippen molar-refractivity contribution in [2.45, 2.75) is 38.0 Å². The van der Waals surface area contributed by atoms with Crippen molar-refractivity contribution in [3.05, 3.63) is 80.8 Å². The topological polar surface area (TPSA) is 110 Å². The van der Waals surface area contributed by atoms with Crippen LogP contribution in [0.5, 0.6) is 0 Å². The molecule has 0 bridgehead atoms. The lowest BCUT2D eigenvalue weighted by Gasteiger charge is -2.07. The number of anilines is 2. The number of carbonyl (C=O) groups excluding carboxylic acids is 2. The predicted octanol–water partition coefficient (Wildman–Crippen LogP) is 6.31. The van der Waals surface area contributed by atoms with Crippen molar-refractivity contribution in [2.75, 3.05) is 22.1 Å². The summed E-state index contributed by atoms with van der Waals surface area (Å²) in [6.07, 6.45) is -7.85. The van der Waals surface area contributed by atoms with Gasteiger partial charge in [0.15, 0.2) is 0 Å². The summed E-state index contributed by atoms with van der Waals surface area (Å²) in [4.78, 5) is 24.5. The van der Waals surface area contributed by atoms with E-state index in [1.165, 1.54) is 46.9 Å². The zero-order chi connectivity index (χ0) is 31.0. The van der Waals surface area contributed by atoms with E-state index in [0.717, 1.165) is 35.8 Å². The van der Waals surface area contributed by atoms with Crippen LogP contribution in [0.25, 0.3) is 0 Å². The van der Waals surface area contributed by atoms with E-state index in [1.54, 1.807) is 11.8 Å². The van der Waals surface area contributed by atoms with Gasteiger partial charge in [-0.3, -0.25) is 9.59 Å². The van der Waals surface area contributed by atoms with E-state index in [4.69, 9.17) is 0 Å². The number of aryl methyl sites for hydroxylation is 2. The molecule has 2 aromatic carbocycles. The van der Waals surface area contributed by atoms with E-state index in [0.29, 0.717) is 44.2 Å². The summed E-state index contributed by atoms with van der Waals surface area (Å²) in [5, 5.41) is 23.2. The van der Waals surface area contributed by atoms with Crippen molar-refractivity contribution in [2.24, 2.45) is 0 Å². The number of rotatable bonds is 12. The maximum atomic E-state index is 12.7. The van der Waals surface area contributed by atoms with Gasteiger partial charge < -0.3 is 10.6 Å². The Balaban J connectivity index is 1.12. The smallest absolute Gasteiger partial charge is 0.300 e. The molecule has 0 unspecified atom stereocenters. The van der Waals surface area contributed by atoms with Gasteiger partial charge in [0.25, 0.3) is 0 Å². The number of amides is 2. The monoisotopic (exact) mass is 660 g/mol. The summed E-state index contributed by atoms with van der Waals surface area (Å²) in [5.41, 5.74) is -0.681. The molecule has 4 aromatic rings. The summed E-state index contributed by atoms with van der Waals surface area (Å²) in [6, 6.07) is 8.77. The molecule has 43 heavy (non-hydrogen) atoms. The summed E-state index contributed by atoms with van der Waals surface area (Å²) < 4.78 is 76.0. The first-order valence-corrected chi connectivity index (χ1v) is 15.3. The molecule has 0 saturated carbocycles. The first-order valence-electron chi connectivity index (χ1n) is 12.5. The van der Waals surface area contributed by atoms with Gasteiger partial charge in [-0.25, -0.2) is 0 Å². The van der Waals surface area contributed by atoms with Gasteiger partial charge in [0.05, 0.1) is 24.0 Å². The average Bonchev–Trinajstić information content (AvgIpc) is 3.57. The second-order valence-electron chi connectivity index (χ2n) is 8.95. The molecule has 2 heterocycles. The van der Waals surface area contributed by atoms with Crippen molar-refractivity contribution in [3.63, 3.8) is 0 Å². The van der Waals surface area contributed by atoms with Crippen molar-refractivity contribution in [1.29, 1.82) is 0 Å². The van der Waals surface area contributed by atoms with Crippen LogP contribution in [0.15, 0.2) is 48.5 Å². The number of nitrogens with one attached hydrogen (secondary N) is 2. The molecule has 0 spiro atoms. The zero-order valence-electron chi connectivity index (χ0n) is 22.0. The molecule has 0 fully saturated rings. The molecule has 0 radical (unpaired) electrons. The van der Waals surface area contributed by atoms with Crippen LogP contribution in [0.1, 0.15) is 32.3 Å². The van der Waals surface area contributed by atoms with Crippen molar-refractivity contribution in [3.8, 4) is 0 Å². The molecule has 2 aromatic heterocycles. The van der Waals surface area contributed by atoms with Gasteiger partial charge in [-0.15, -0.1) is 20.4 Å². The Morgan fingerprint density at radius 1 is 0.628 bits per heavy atom. The van der Waals surface area contributed by atoms with Crippen molar-refractivity contribution in [1.82, 2.24) is 20.4 Å². The molecule has 2 N–H and O–H groups in total. The third-order valence-corrected chi connectivity index (χ3v) is 8.42. The van der Waals surface area contributed by atoms with Crippen LogP contribution in [-0.2, 0) is 47.6 Å². The van der Waals surface area contributed by atoms with Crippen molar-refractivity contribution < 1.29 is 35.9 Å². The number of aromatic nitrogens is 4. The molecule has 0 saturated heterocycles. The van der Waals surface area contributed by atoms with E-state index >= 15 is 0 Å². The highest BCUT2D eigenvalue weighted by Gasteiger charge is 2.30. The lowest BCUT2D eigenvalue weighted by atomic mass is 10.1. The summed E-state index contributed by atoms with van der Waals surface area (Å²) in [5.74, 6) is 0.626. The first-order chi connectivity index (χ1) is 20.3. The number of thioether (sulfide) groups is 1.